The molecular formula is C17H35Cl2N3O3. The average Bonchev–Trinajstić information content (AvgIpc) is 2.59. The summed E-state index contributed by atoms with van der Waals surface area (Å²) in [5.74, 6) is 0.0502. The van der Waals surface area contributed by atoms with E-state index in [1.165, 1.54) is 32.1 Å². The number of ether oxygens (including phenoxy) is 2. The zero-order valence-corrected chi connectivity index (χ0v) is 17.0. The van der Waals surface area contributed by atoms with E-state index in [9.17, 15) is 4.79 Å². The number of nitrogens with zero attached hydrogens (tertiary/aromatic N) is 1. The van der Waals surface area contributed by atoms with Gasteiger partial charge in [0.1, 0.15) is 0 Å². The van der Waals surface area contributed by atoms with E-state index in [4.69, 9.17) is 15.2 Å². The molecule has 0 aromatic carbocycles. The van der Waals surface area contributed by atoms with Gasteiger partial charge in [-0.15, -0.1) is 24.8 Å². The minimum atomic E-state index is -0.184. The highest BCUT2D eigenvalue weighted by Crippen LogP contribution is 2.36. The van der Waals surface area contributed by atoms with E-state index in [1.807, 2.05) is 0 Å². The number of amides is 1. The number of carbonyl (C=O) groups excluding carboxylic acids is 1. The van der Waals surface area contributed by atoms with Gasteiger partial charge in [0, 0.05) is 45.2 Å². The predicted octanol–water partition coefficient (Wildman–Crippen LogP) is 1.59. The molecular weight excluding hydrogens is 365 g/mol. The Morgan fingerprint density at radius 3 is 2.44 bits per heavy atom. The summed E-state index contributed by atoms with van der Waals surface area (Å²) in [6, 6.07) is 0. The van der Waals surface area contributed by atoms with Crippen molar-refractivity contribution >= 4 is 30.7 Å². The maximum atomic E-state index is 12.2. The molecule has 1 saturated carbocycles. The van der Waals surface area contributed by atoms with Gasteiger partial charge in [0.15, 0.2) is 0 Å². The second-order valence-electron chi connectivity index (χ2n) is 7.02. The summed E-state index contributed by atoms with van der Waals surface area (Å²) in [4.78, 5) is 14.7. The fourth-order valence-corrected chi connectivity index (χ4v) is 3.75. The first kappa shape index (κ1) is 24.9. The zero-order chi connectivity index (χ0) is 16.5. The van der Waals surface area contributed by atoms with Crippen molar-refractivity contribution in [3.8, 4) is 0 Å². The number of hydrogen-bond acceptors (Lipinski definition) is 5. The molecule has 150 valence electrons. The second-order valence-corrected chi connectivity index (χ2v) is 7.02. The first-order chi connectivity index (χ1) is 11.2. The molecule has 1 atom stereocenters. The Bertz CT molecular complexity index is 359. The summed E-state index contributed by atoms with van der Waals surface area (Å²) < 4.78 is 10.7. The highest BCUT2D eigenvalue weighted by molar-refractivity contribution is 5.85. The van der Waals surface area contributed by atoms with Gasteiger partial charge in [-0.25, -0.2) is 0 Å². The number of carbonyl (C=O) groups is 1. The lowest BCUT2D eigenvalue weighted by Gasteiger charge is -2.42. The highest BCUT2D eigenvalue weighted by Gasteiger charge is 2.34. The molecule has 0 bridgehead atoms. The molecule has 2 rings (SSSR count). The van der Waals surface area contributed by atoms with Crippen LogP contribution in [0.25, 0.3) is 0 Å². The topological polar surface area (TPSA) is 76.8 Å². The molecule has 0 aromatic heterocycles. The van der Waals surface area contributed by atoms with Gasteiger partial charge in [0.05, 0.1) is 25.7 Å². The van der Waals surface area contributed by atoms with Gasteiger partial charge in [-0.1, -0.05) is 19.3 Å². The van der Waals surface area contributed by atoms with Crippen molar-refractivity contribution in [1.82, 2.24) is 10.2 Å². The Kier molecular flexibility index (Phi) is 13.1. The lowest BCUT2D eigenvalue weighted by molar-refractivity contribution is -0.124. The van der Waals surface area contributed by atoms with Crippen LogP contribution >= 0.6 is 24.8 Å². The van der Waals surface area contributed by atoms with Crippen LogP contribution in [0.1, 0.15) is 38.5 Å². The molecule has 3 N–H and O–H groups in total. The number of hydrogen-bond donors (Lipinski definition) is 2. The third-order valence-electron chi connectivity index (χ3n) is 5.25. The normalized spacial score (nSPS) is 21.5. The molecule has 6 nitrogen and oxygen atoms in total. The van der Waals surface area contributed by atoms with E-state index in [-0.39, 0.29) is 42.2 Å². The second kappa shape index (κ2) is 13.1. The molecule has 2 fully saturated rings. The number of halogens is 2. The zero-order valence-electron chi connectivity index (χ0n) is 15.3. The molecule has 1 aliphatic heterocycles. The van der Waals surface area contributed by atoms with E-state index in [2.05, 4.69) is 10.2 Å². The molecule has 25 heavy (non-hydrogen) atoms. The van der Waals surface area contributed by atoms with Crippen molar-refractivity contribution in [2.75, 3.05) is 53.0 Å². The maximum Gasteiger partial charge on any atom is 0.222 e. The minimum absolute atomic E-state index is 0. The standard InChI is InChI=1S/C17H33N3O3.2ClH/c1-22-15(12-18)11-16(21)19-13-17(5-3-2-4-6-17)14-20-7-9-23-10-8-20;;/h15H,2-14,18H2,1H3,(H,19,21);2*1H. The molecule has 0 radical (unpaired) electrons. The van der Waals surface area contributed by atoms with Gasteiger partial charge < -0.3 is 20.5 Å². The summed E-state index contributed by atoms with van der Waals surface area (Å²) in [6.07, 6.45) is 6.42. The number of nitrogens with two attached hydrogens (primary N) is 1. The Hall–Kier alpha value is -0.110. The Balaban J connectivity index is 0.00000288. The molecule has 1 amide bonds. The largest absolute Gasteiger partial charge is 0.380 e. The lowest BCUT2D eigenvalue weighted by Crippen LogP contribution is -2.49. The monoisotopic (exact) mass is 399 g/mol. The van der Waals surface area contributed by atoms with Crippen LogP contribution in [0.4, 0.5) is 0 Å². The van der Waals surface area contributed by atoms with E-state index >= 15 is 0 Å². The van der Waals surface area contributed by atoms with E-state index in [1.54, 1.807) is 7.11 Å². The molecule has 1 unspecified atom stereocenters. The van der Waals surface area contributed by atoms with Crippen LogP contribution in [0.2, 0.25) is 0 Å². The summed E-state index contributed by atoms with van der Waals surface area (Å²) in [7, 11) is 1.60. The van der Waals surface area contributed by atoms with Gasteiger partial charge in [0.25, 0.3) is 0 Å². The fourth-order valence-electron chi connectivity index (χ4n) is 3.75. The van der Waals surface area contributed by atoms with E-state index in [0.29, 0.717) is 13.0 Å². The molecule has 1 saturated heterocycles. The number of nitrogens with one attached hydrogen (secondary N) is 1. The van der Waals surface area contributed by atoms with Gasteiger partial charge in [-0.05, 0) is 12.8 Å². The van der Waals surface area contributed by atoms with E-state index in [0.717, 1.165) is 39.4 Å². The smallest absolute Gasteiger partial charge is 0.222 e. The maximum absolute atomic E-state index is 12.2. The quantitative estimate of drug-likeness (QED) is 0.647. The highest BCUT2D eigenvalue weighted by atomic mass is 35.5. The molecule has 2 aliphatic rings. The van der Waals surface area contributed by atoms with Crippen molar-refractivity contribution in [1.29, 1.82) is 0 Å². The SMILES string of the molecule is COC(CN)CC(=O)NCC1(CN2CCOCC2)CCCCC1.Cl.Cl. The van der Waals surface area contributed by atoms with Crippen LogP contribution in [-0.2, 0) is 14.3 Å². The lowest BCUT2D eigenvalue weighted by atomic mass is 9.73. The number of morpholine rings is 1. The molecule has 1 aliphatic carbocycles. The van der Waals surface area contributed by atoms with Gasteiger partial charge in [-0.2, -0.15) is 0 Å². The van der Waals surface area contributed by atoms with Gasteiger partial charge >= 0.3 is 0 Å². The number of methoxy groups -OCH3 is 1. The Morgan fingerprint density at radius 2 is 1.88 bits per heavy atom. The first-order valence-corrected chi connectivity index (χ1v) is 8.97. The van der Waals surface area contributed by atoms with Crippen LogP contribution in [0.3, 0.4) is 0 Å². The fraction of sp³-hybridized carbons (Fsp3) is 0.941. The first-order valence-electron chi connectivity index (χ1n) is 8.97. The molecule has 0 aromatic rings. The van der Waals surface area contributed by atoms with Crippen molar-refractivity contribution in [2.45, 2.75) is 44.6 Å². The van der Waals surface area contributed by atoms with Crippen LogP contribution in [0.5, 0.6) is 0 Å². The minimum Gasteiger partial charge on any atom is -0.380 e. The number of rotatable bonds is 8. The summed E-state index contributed by atoms with van der Waals surface area (Å²) >= 11 is 0. The van der Waals surface area contributed by atoms with Gasteiger partial charge in [-0.3, -0.25) is 9.69 Å². The third kappa shape index (κ3) is 8.41. The van der Waals surface area contributed by atoms with Crippen molar-refractivity contribution in [3.63, 3.8) is 0 Å². The summed E-state index contributed by atoms with van der Waals surface area (Å²) in [6.45, 7) is 5.89. The summed E-state index contributed by atoms with van der Waals surface area (Å²) in [5.41, 5.74) is 5.82. The van der Waals surface area contributed by atoms with Crippen molar-refractivity contribution < 1.29 is 14.3 Å². The molecule has 1 heterocycles. The molecule has 8 heteroatoms. The Morgan fingerprint density at radius 1 is 1.24 bits per heavy atom. The van der Waals surface area contributed by atoms with Gasteiger partial charge in [0.2, 0.25) is 5.91 Å². The average molecular weight is 400 g/mol. The summed E-state index contributed by atoms with van der Waals surface area (Å²) in [5, 5.41) is 3.15. The third-order valence-corrected chi connectivity index (χ3v) is 5.25. The van der Waals surface area contributed by atoms with Crippen LogP contribution in [-0.4, -0.2) is 70.0 Å². The Labute approximate surface area is 164 Å². The van der Waals surface area contributed by atoms with Crippen LogP contribution in [0, 0.1) is 5.41 Å². The molecule has 0 spiro atoms. The van der Waals surface area contributed by atoms with Crippen LogP contribution < -0.4 is 11.1 Å². The predicted molar refractivity (Wildman–Crippen MR) is 105 cm³/mol. The van der Waals surface area contributed by atoms with Crippen LogP contribution in [0.15, 0.2) is 0 Å². The van der Waals surface area contributed by atoms with Crippen molar-refractivity contribution in [3.05, 3.63) is 0 Å². The van der Waals surface area contributed by atoms with E-state index < -0.39 is 0 Å². The van der Waals surface area contributed by atoms with Crippen molar-refractivity contribution in [2.24, 2.45) is 11.1 Å².